The zero-order chi connectivity index (χ0) is 44.2. The number of benzene rings is 9. The number of anilines is 3. The Labute approximate surface area is 392 Å². The van der Waals surface area contributed by atoms with Crippen molar-refractivity contribution >= 4 is 45.9 Å². The molecule has 12 rings (SSSR count). The summed E-state index contributed by atoms with van der Waals surface area (Å²) in [6, 6.07) is 87.2. The molecule has 2 fully saturated rings. The van der Waals surface area contributed by atoms with Gasteiger partial charge in [-0.05, 0) is 144 Å². The number of hydrogen-bond donors (Lipinski definition) is 0. The molecule has 3 atom stereocenters. The van der Waals surface area contributed by atoms with E-state index in [9.17, 15) is 0 Å². The predicted octanol–water partition coefficient (Wildman–Crippen LogP) is 14.1. The predicted molar refractivity (Wildman–Crippen MR) is 281 cm³/mol. The minimum Gasteiger partial charge on any atom is -0.310 e. The fraction of sp³-hybridized carbons (Fsp3) is 0.156. The first-order chi connectivity index (χ1) is 32.5. The molecule has 3 unspecified atom stereocenters. The fourth-order valence-electron chi connectivity index (χ4n) is 12.5. The molecular weight excluding hydrogens is 811 g/mol. The molecule has 0 saturated heterocycles. The highest BCUT2D eigenvalue weighted by molar-refractivity contribution is 7.19. The Morgan fingerprint density at radius 2 is 0.909 bits per heavy atom. The van der Waals surface area contributed by atoms with Crippen LogP contribution in [0.1, 0.15) is 62.1 Å². The minimum absolute atomic E-state index is 0.186. The van der Waals surface area contributed by atoms with Gasteiger partial charge in [0.15, 0.2) is 8.07 Å². The van der Waals surface area contributed by atoms with Gasteiger partial charge >= 0.3 is 0 Å². The Hall–Kier alpha value is -7.00. The summed E-state index contributed by atoms with van der Waals surface area (Å²) < 4.78 is 0. The van der Waals surface area contributed by atoms with Crippen LogP contribution in [0.3, 0.4) is 0 Å². The third-order valence-electron chi connectivity index (χ3n) is 15.7. The summed E-state index contributed by atoms with van der Waals surface area (Å²) >= 11 is 0. The van der Waals surface area contributed by atoms with E-state index in [2.05, 4.69) is 249 Å². The smallest absolute Gasteiger partial charge is 0.179 e. The average Bonchev–Trinajstić information content (AvgIpc) is 4.09. The Bertz CT molecular complexity index is 3040. The standard InChI is InChI=1S/C64H55NSi/c1-64(2)61-26-16-15-25-58(61)63-60(49-31-29-47(30-32-49)46-17-7-3-8-18-46)43-53(44-62(63)64)65(51-35-33-48(34-36-51)59-42-45-27-28-50(59)41-45)52-37-39-57(40-38-52)66(54-19-9-4-10-20-54,55-21-11-5-12-22-55)56-23-13-6-14-24-56/h3-26,29-40,43-45,50,59H,27-28,41-42H2,1-2H3. The summed E-state index contributed by atoms with van der Waals surface area (Å²) in [7, 11) is -2.72. The molecule has 9 aromatic rings. The maximum absolute atomic E-state index is 2.72. The van der Waals surface area contributed by atoms with Crippen LogP contribution in [-0.2, 0) is 5.41 Å². The van der Waals surface area contributed by atoms with Crippen molar-refractivity contribution in [3.8, 4) is 33.4 Å². The number of fused-ring (bicyclic) bond motifs is 5. The summed E-state index contributed by atoms with van der Waals surface area (Å²) in [5.74, 6) is 2.43. The van der Waals surface area contributed by atoms with E-state index in [0.717, 1.165) is 17.5 Å². The maximum Gasteiger partial charge on any atom is 0.179 e. The summed E-state index contributed by atoms with van der Waals surface area (Å²) in [5.41, 5.74) is 15.2. The van der Waals surface area contributed by atoms with E-state index < -0.39 is 8.07 Å². The summed E-state index contributed by atoms with van der Waals surface area (Å²) in [6.45, 7) is 4.82. The van der Waals surface area contributed by atoms with Gasteiger partial charge in [-0.2, -0.15) is 0 Å². The van der Waals surface area contributed by atoms with Gasteiger partial charge in [0, 0.05) is 22.5 Å². The van der Waals surface area contributed by atoms with Crippen molar-refractivity contribution < 1.29 is 0 Å². The third-order valence-corrected chi connectivity index (χ3v) is 20.5. The quantitative estimate of drug-likeness (QED) is 0.0978. The molecule has 320 valence electrons. The normalized spacial score (nSPS) is 17.9. The SMILES string of the molecule is CC1(C)c2ccccc2-c2c(-c3ccc(-c4ccccc4)cc3)cc(N(c3ccc(C4CC5CCC4C5)cc3)c3ccc([Si](c4ccccc4)(c4ccccc4)c4ccccc4)cc3)cc21. The Morgan fingerprint density at radius 3 is 1.47 bits per heavy atom. The highest BCUT2D eigenvalue weighted by Crippen LogP contribution is 2.55. The maximum atomic E-state index is 2.53. The van der Waals surface area contributed by atoms with E-state index in [1.165, 1.54) is 108 Å². The van der Waals surface area contributed by atoms with Crippen LogP contribution in [-0.4, -0.2) is 8.07 Å². The van der Waals surface area contributed by atoms with Gasteiger partial charge in [-0.25, -0.2) is 0 Å². The van der Waals surface area contributed by atoms with Crippen LogP contribution in [0.25, 0.3) is 33.4 Å². The molecule has 0 N–H and O–H groups in total. The lowest BCUT2D eigenvalue weighted by atomic mass is 9.81. The molecule has 3 aliphatic carbocycles. The van der Waals surface area contributed by atoms with Crippen molar-refractivity contribution in [1.29, 1.82) is 0 Å². The number of nitrogens with zero attached hydrogens (tertiary/aromatic N) is 1. The first-order valence-corrected chi connectivity index (χ1v) is 26.1. The second-order valence-electron chi connectivity index (χ2n) is 19.6. The van der Waals surface area contributed by atoms with Crippen LogP contribution in [0.2, 0.25) is 0 Å². The molecule has 0 heterocycles. The van der Waals surface area contributed by atoms with E-state index in [1.807, 2.05) is 0 Å². The van der Waals surface area contributed by atoms with Gasteiger partial charge in [0.2, 0.25) is 0 Å². The second-order valence-corrected chi connectivity index (χ2v) is 23.4. The summed E-state index contributed by atoms with van der Waals surface area (Å²) in [4.78, 5) is 2.53. The third kappa shape index (κ3) is 6.73. The van der Waals surface area contributed by atoms with Gasteiger partial charge < -0.3 is 4.90 Å². The molecule has 1 nitrogen and oxygen atoms in total. The van der Waals surface area contributed by atoms with Gasteiger partial charge in [-0.3, -0.25) is 0 Å². The fourth-order valence-corrected chi connectivity index (χ4v) is 17.3. The lowest BCUT2D eigenvalue weighted by Gasteiger charge is -2.35. The summed E-state index contributed by atoms with van der Waals surface area (Å²) in [6.07, 6.45) is 5.56. The average molecular weight is 866 g/mol. The van der Waals surface area contributed by atoms with Crippen molar-refractivity contribution in [2.45, 2.75) is 50.9 Å². The van der Waals surface area contributed by atoms with E-state index in [0.29, 0.717) is 5.92 Å². The molecule has 0 spiro atoms. The van der Waals surface area contributed by atoms with Crippen LogP contribution in [0.4, 0.5) is 17.1 Å². The molecule has 9 aromatic carbocycles. The molecule has 0 radical (unpaired) electrons. The van der Waals surface area contributed by atoms with E-state index >= 15 is 0 Å². The van der Waals surface area contributed by atoms with Crippen molar-refractivity contribution in [2.75, 3.05) is 4.90 Å². The Kier molecular flexibility index (Phi) is 10.1. The molecule has 3 aliphatic rings. The minimum atomic E-state index is -2.72. The van der Waals surface area contributed by atoms with Gasteiger partial charge in [-0.1, -0.05) is 214 Å². The van der Waals surface area contributed by atoms with Gasteiger partial charge in [0.1, 0.15) is 0 Å². The van der Waals surface area contributed by atoms with Crippen molar-refractivity contribution in [3.05, 3.63) is 247 Å². The molecule has 2 heteroatoms. The largest absolute Gasteiger partial charge is 0.310 e. The van der Waals surface area contributed by atoms with Gasteiger partial charge in [-0.15, -0.1) is 0 Å². The van der Waals surface area contributed by atoms with E-state index in [4.69, 9.17) is 0 Å². The van der Waals surface area contributed by atoms with Crippen LogP contribution < -0.4 is 25.6 Å². The zero-order valence-electron chi connectivity index (χ0n) is 37.9. The van der Waals surface area contributed by atoms with Crippen LogP contribution in [0.15, 0.2) is 231 Å². The van der Waals surface area contributed by atoms with Crippen LogP contribution >= 0.6 is 0 Å². The van der Waals surface area contributed by atoms with Gasteiger partial charge in [0.05, 0.1) is 0 Å². The van der Waals surface area contributed by atoms with E-state index in [-0.39, 0.29) is 5.41 Å². The second kappa shape index (κ2) is 16.5. The van der Waals surface area contributed by atoms with Crippen molar-refractivity contribution in [2.24, 2.45) is 11.8 Å². The van der Waals surface area contributed by atoms with Gasteiger partial charge in [0.25, 0.3) is 0 Å². The Morgan fingerprint density at radius 1 is 0.409 bits per heavy atom. The molecule has 2 saturated carbocycles. The lowest BCUT2D eigenvalue weighted by molar-refractivity contribution is 0.420. The van der Waals surface area contributed by atoms with Crippen molar-refractivity contribution in [3.63, 3.8) is 0 Å². The molecule has 2 bridgehead atoms. The Balaban J connectivity index is 1.05. The first-order valence-electron chi connectivity index (χ1n) is 24.1. The first kappa shape index (κ1) is 40.5. The summed E-state index contributed by atoms with van der Waals surface area (Å²) in [5, 5.41) is 5.51. The lowest BCUT2D eigenvalue weighted by Crippen LogP contribution is -2.74. The zero-order valence-corrected chi connectivity index (χ0v) is 38.9. The van der Waals surface area contributed by atoms with E-state index in [1.54, 1.807) is 0 Å². The highest BCUT2D eigenvalue weighted by Gasteiger charge is 2.43. The molecular formula is C64H55NSi. The topological polar surface area (TPSA) is 3.24 Å². The number of hydrogen-bond acceptors (Lipinski definition) is 1. The molecule has 0 amide bonds. The highest BCUT2D eigenvalue weighted by atomic mass is 28.3. The van der Waals surface area contributed by atoms with Crippen LogP contribution in [0, 0.1) is 11.8 Å². The molecule has 66 heavy (non-hydrogen) atoms. The number of rotatable bonds is 10. The molecule has 0 aliphatic heterocycles. The van der Waals surface area contributed by atoms with Crippen molar-refractivity contribution in [1.82, 2.24) is 0 Å². The monoisotopic (exact) mass is 865 g/mol. The van der Waals surface area contributed by atoms with Crippen LogP contribution in [0.5, 0.6) is 0 Å². The molecule has 0 aromatic heterocycles.